The van der Waals surface area contributed by atoms with Crippen molar-refractivity contribution in [3.8, 4) is 0 Å². The molecule has 1 aliphatic carbocycles. The molecular weight excluding hydrogens is 212 g/mol. The van der Waals surface area contributed by atoms with Crippen LogP contribution in [0.4, 0.5) is 0 Å². The van der Waals surface area contributed by atoms with Gasteiger partial charge in [0.15, 0.2) is 0 Å². The predicted molar refractivity (Wildman–Crippen MR) is 69.8 cm³/mol. The Balaban J connectivity index is 2.16. The Morgan fingerprint density at radius 1 is 1.24 bits per heavy atom. The van der Waals surface area contributed by atoms with Crippen molar-refractivity contribution in [2.24, 2.45) is 5.41 Å². The number of nitrogens with zero attached hydrogens (tertiary/aromatic N) is 2. The third-order valence-electron chi connectivity index (χ3n) is 4.06. The van der Waals surface area contributed by atoms with Gasteiger partial charge in [-0.1, -0.05) is 20.8 Å². The van der Waals surface area contributed by atoms with E-state index in [4.69, 9.17) is 0 Å². The molecule has 1 amide bonds. The minimum absolute atomic E-state index is 0.234. The number of carbonyl (C=O) groups excluding carboxylic acids is 1. The van der Waals surface area contributed by atoms with Crippen LogP contribution in [0.5, 0.6) is 0 Å². The lowest BCUT2D eigenvalue weighted by Gasteiger charge is -2.48. The monoisotopic (exact) mass is 238 g/mol. The highest BCUT2D eigenvalue weighted by Crippen LogP contribution is 2.34. The smallest absolute Gasteiger partial charge is 0.237 e. The van der Waals surface area contributed by atoms with Gasteiger partial charge in [-0.3, -0.25) is 9.69 Å². The summed E-state index contributed by atoms with van der Waals surface area (Å²) in [6.07, 6.45) is 2.43. The molecule has 2 aliphatic rings. The second-order valence-electron chi connectivity index (χ2n) is 6.93. The highest BCUT2D eigenvalue weighted by molar-refractivity contribution is 5.80. The molecule has 0 radical (unpaired) electrons. The molecule has 1 saturated heterocycles. The molecule has 1 aliphatic heterocycles. The maximum atomic E-state index is 12.1. The highest BCUT2D eigenvalue weighted by Gasteiger charge is 2.44. The maximum Gasteiger partial charge on any atom is 0.237 e. The first-order valence-corrected chi connectivity index (χ1v) is 6.86. The van der Waals surface area contributed by atoms with Gasteiger partial charge >= 0.3 is 0 Å². The Bertz CT molecular complexity index is 302. The third kappa shape index (κ3) is 2.65. The maximum absolute atomic E-state index is 12.1. The van der Waals surface area contributed by atoms with Crippen LogP contribution in [0.3, 0.4) is 0 Å². The molecule has 0 spiro atoms. The molecule has 98 valence electrons. The standard InChI is InChI=1S/C14H26N2O/c1-10(2)15-9-13(17)16(11-6-7-11)8-12(15)14(3,4)5/h10-12H,6-9H2,1-5H3. The normalized spacial score (nSPS) is 28.0. The number of rotatable bonds is 2. The molecule has 3 heteroatoms. The second-order valence-corrected chi connectivity index (χ2v) is 6.93. The van der Waals surface area contributed by atoms with Crippen LogP contribution in [0, 0.1) is 5.41 Å². The first kappa shape index (κ1) is 12.9. The van der Waals surface area contributed by atoms with Crippen molar-refractivity contribution in [1.82, 2.24) is 9.80 Å². The van der Waals surface area contributed by atoms with Crippen molar-refractivity contribution in [2.75, 3.05) is 13.1 Å². The largest absolute Gasteiger partial charge is 0.337 e. The van der Waals surface area contributed by atoms with Crippen molar-refractivity contribution in [3.05, 3.63) is 0 Å². The number of piperazine rings is 1. The zero-order chi connectivity index (χ0) is 12.8. The SMILES string of the molecule is CC(C)N1CC(=O)N(C2CC2)CC1C(C)(C)C. The number of hydrogen-bond acceptors (Lipinski definition) is 2. The van der Waals surface area contributed by atoms with Crippen molar-refractivity contribution in [2.45, 2.75) is 65.6 Å². The lowest BCUT2D eigenvalue weighted by atomic mass is 9.83. The number of hydrogen-bond donors (Lipinski definition) is 0. The topological polar surface area (TPSA) is 23.6 Å². The molecule has 0 aromatic rings. The average molecular weight is 238 g/mol. The fourth-order valence-corrected chi connectivity index (χ4v) is 2.80. The molecule has 17 heavy (non-hydrogen) atoms. The molecule has 1 saturated carbocycles. The van der Waals surface area contributed by atoms with E-state index in [2.05, 4.69) is 44.4 Å². The van der Waals surface area contributed by atoms with Crippen LogP contribution in [0.2, 0.25) is 0 Å². The van der Waals surface area contributed by atoms with Gasteiger partial charge in [0.25, 0.3) is 0 Å². The molecule has 1 atom stereocenters. The summed E-state index contributed by atoms with van der Waals surface area (Å²) < 4.78 is 0. The van der Waals surface area contributed by atoms with E-state index in [1.54, 1.807) is 0 Å². The minimum atomic E-state index is 0.234. The average Bonchev–Trinajstić information content (AvgIpc) is 2.98. The van der Waals surface area contributed by atoms with Crippen LogP contribution in [-0.4, -0.2) is 46.9 Å². The summed E-state index contributed by atoms with van der Waals surface area (Å²) in [7, 11) is 0. The predicted octanol–water partition coefficient (Wildman–Crippen LogP) is 2.12. The van der Waals surface area contributed by atoms with Crippen molar-refractivity contribution >= 4 is 5.91 Å². The molecule has 2 rings (SSSR count). The summed E-state index contributed by atoms with van der Waals surface area (Å²) in [6, 6.07) is 1.49. The van der Waals surface area contributed by atoms with Gasteiger partial charge < -0.3 is 4.90 Å². The van der Waals surface area contributed by atoms with Crippen molar-refractivity contribution < 1.29 is 4.79 Å². The van der Waals surface area contributed by atoms with Crippen LogP contribution in [-0.2, 0) is 4.79 Å². The third-order valence-corrected chi connectivity index (χ3v) is 4.06. The quantitative estimate of drug-likeness (QED) is 0.735. The van der Waals surface area contributed by atoms with Gasteiger partial charge in [-0.05, 0) is 32.1 Å². The molecule has 1 heterocycles. The minimum Gasteiger partial charge on any atom is -0.337 e. The van der Waals surface area contributed by atoms with E-state index < -0.39 is 0 Å². The first-order chi connectivity index (χ1) is 7.80. The molecule has 0 aromatic carbocycles. The Labute approximate surface area is 105 Å². The molecular formula is C14H26N2O. The molecule has 0 aromatic heterocycles. The summed E-state index contributed by atoms with van der Waals surface area (Å²) in [5, 5.41) is 0. The molecule has 3 nitrogen and oxygen atoms in total. The van der Waals surface area contributed by atoms with Gasteiger partial charge in [0.05, 0.1) is 6.54 Å². The fraction of sp³-hybridized carbons (Fsp3) is 0.929. The Morgan fingerprint density at radius 3 is 2.24 bits per heavy atom. The van der Waals surface area contributed by atoms with Crippen LogP contribution in [0.15, 0.2) is 0 Å². The van der Waals surface area contributed by atoms with Gasteiger partial charge in [-0.15, -0.1) is 0 Å². The van der Waals surface area contributed by atoms with E-state index in [9.17, 15) is 4.79 Å². The van der Waals surface area contributed by atoms with E-state index >= 15 is 0 Å². The highest BCUT2D eigenvalue weighted by atomic mass is 16.2. The first-order valence-electron chi connectivity index (χ1n) is 6.86. The van der Waals surface area contributed by atoms with E-state index in [1.807, 2.05) is 0 Å². The molecule has 1 unspecified atom stereocenters. The summed E-state index contributed by atoms with van der Waals surface area (Å²) in [5.41, 5.74) is 0.234. The molecule has 2 fully saturated rings. The zero-order valence-corrected chi connectivity index (χ0v) is 11.9. The van der Waals surface area contributed by atoms with Gasteiger partial charge in [0.2, 0.25) is 5.91 Å². The van der Waals surface area contributed by atoms with E-state index in [-0.39, 0.29) is 5.41 Å². The summed E-state index contributed by atoms with van der Waals surface area (Å²) in [4.78, 5) is 16.7. The molecule has 0 N–H and O–H groups in total. The Hall–Kier alpha value is -0.570. The van der Waals surface area contributed by atoms with E-state index in [0.717, 1.165) is 6.54 Å². The van der Waals surface area contributed by atoms with Crippen LogP contribution < -0.4 is 0 Å². The lowest BCUT2D eigenvalue weighted by molar-refractivity contribution is -0.143. The van der Waals surface area contributed by atoms with E-state index in [0.29, 0.717) is 30.6 Å². The van der Waals surface area contributed by atoms with Gasteiger partial charge in [0, 0.05) is 24.7 Å². The summed E-state index contributed by atoms with van der Waals surface area (Å²) in [6.45, 7) is 12.8. The second kappa shape index (κ2) is 4.27. The number of amides is 1. The Kier molecular flexibility index (Phi) is 3.23. The summed E-state index contributed by atoms with van der Waals surface area (Å²) >= 11 is 0. The zero-order valence-electron chi connectivity index (χ0n) is 11.9. The van der Waals surface area contributed by atoms with Crippen LogP contribution >= 0.6 is 0 Å². The van der Waals surface area contributed by atoms with Crippen LogP contribution in [0.1, 0.15) is 47.5 Å². The van der Waals surface area contributed by atoms with Crippen molar-refractivity contribution in [1.29, 1.82) is 0 Å². The summed E-state index contributed by atoms with van der Waals surface area (Å²) in [5.74, 6) is 0.335. The number of carbonyl (C=O) groups is 1. The fourth-order valence-electron chi connectivity index (χ4n) is 2.80. The van der Waals surface area contributed by atoms with Gasteiger partial charge in [-0.2, -0.15) is 0 Å². The lowest BCUT2D eigenvalue weighted by Crippen LogP contribution is -2.62. The van der Waals surface area contributed by atoms with Crippen LogP contribution in [0.25, 0.3) is 0 Å². The molecule has 0 bridgehead atoms. The van der Waals surface area contributed by atoms with Crippen molar-refractivity contribution in [3.63, 3.8) is 0 Å². The van der Waals surface area contributed by atoms with Gasteiger partial charge in [-0.25, -0.2) is 0 Å². The van der Waals surface area contributed by atoms with Gasteiger partial charge in [0.1, 0.15) is 0 Å². The Morgan fingerprint density at radius 2 is 1.82 bits per heavy atom. The van der Waals surface area contributed by atoms with E-state index in [1.165, 1.54) is 12.8 Å².